The Bertz CT molecular complexity index is 306. The smallest absolute Gasteiger partial charge is 0.410 e. The number of pyridine rings is 1. The van der Waals surface area contributed by atoms with Gasteiger partial charge in [-0.05, 0) is 12.1 Å². The first kappa shape index (κ1) is 11.8. The van der Waals surface area contributed by atoms with E-state index in [0.717, 1.165) is 5.69 Å². The molecule has 1 aromatic heterocycles. The van der Waals surface area contributed by atoms with Crippen LogP contribution in [-0.2, 0) is 11.2 Å². The van der Waals surface area contributed by atoms with Crippen LogP contribution in [-0.4, -0.2) is 35.6 Å². The molecule has 0 aliphatic heterocycles. The molecule has 4 nitrogen and oxygen atoms in total. The van der Waals surface area contributed by atoms with Gasteiger partial charge in [0.1, 0.15) is 0 Å². The number of nitrogens with zero attached hydrogens (tertiary/aromatic N) is 2. The minimum absolute atomic E-state index is 0.118. The van der Waals surface area contributed by atoms with Crippen LogP contribution in [0.5, 0.6) is 0 Å². The van der Waals surface area contributed by atoms with Crippen LogP contribution >= 0.6 is 11.6 Å². The van der Waals surface area contributed by atoms with Crippen molar-refractivity contribution in [3.63, 3.8) is 0 Å². The summed E-state index contributed by atoms with van der Waals surface area (Å²) < 4.78 is 4.62. The highest BCUT2D eigenvalue weighted by Crippen LogP contribution is 1.98. The Labute approximate surface area is 93.8 Å². The summed E-state index contributed by atoms with van der Waals surface area (Å²) in [5.41, 5.74) is 0.947. The molecule has 0 saturated carbocycles. The number of ether oxygens (including phenoxy) is 1. The summed E-state index contributed by atoms with van der Waals surface area (Å²) in [6.07, 6.45) is 2.02. The van der Waals surface area contributed by atoms with Gasteiger partial charge in [0, 0.05) is 31.9 Å². The lowest BCUT2D eigenvalue weighted by Gasteiger charge is -2.15. The first-order valence-corrected chi connectivity index (χ1v) is 5.11. The van der Waals surface area contributed by atoms with Crippen LogP contribution in [0.4, 0.5) is 4.79 Å². The van der Waals surface area contributed by atoms with Crippen molar-refractivity contribution in [2.24, 2.45) is 0 Å². The van der Waals surface area contributed by atoms with Crippen LogP contribution < -0.4 is 0 Å². The molecule has 1 aromatic rings. The normalized spacial score (nSPS) is 9.73. The van der Waals surface area contributed by atoms with Gasteiger partial charge in [-0.1, -0.05) is 17.7 Å². The predicted octanol–water partition coefficient (Wildman–Crippen LogP) is 1.89. The van der Waals surface area contributed by atoms with Crippen molar-refractivity contribution in [1.82, 2.24) is 9.88 Å². The third-order valence-electron chi connectivity index (χ3n) is 1.92. The molecule has 15 heavy (non-hydrogen) atoms. The van der Waals surface area contributed by atoms with Crippen LogP contribution in [0.25, 0.3) is 0 Å². The third-order valence-corrected chi connectivity index (χ3v) is 2.03. The van der Waals surface area contributed by atoms with E-state index < -0.39 is 6.09 Å². The van der Waals surface area contributed by atoms with E-state index >= 15 is 0 Å². The van der Waals surface area contributed by atoms with E-state index in [-0.39, 0.29) is 6.07 Å². The van der Waals surface area contributed by atoms with Crippen LogP contribution in [0.2, 0.25) is 0 Å². The van der Waals surface area contributed by atoms with E-state index in [0.29, 0.717) is 13.0 Å². The zero-order valence-corrected chi connectivity index (χ0v) is 9.28. The molecule has 0 aliphatic carbocycles. The molecule has 0 N–H and O–H groups in total. The van der Waals surface area contributed by atoms with Crippen molar-refractivity contribution < 1.29 is 9.53 Å². The Morgan fingerprint density at radius 2 is 2.40 bits per heavy atom. The highest BCUT2D eigenvalue weighted by Gasteiger charge is 2.08. The van der Waals surface area contributed by atoms with E-state index in [4.69, 9.17) is 11.6 Å². The highest BCUT2D eigenvalue weighted by molar-refractivity contribution is 6.17. The summed E-state index contributed by atoms with van der Waals surface area (Å²) in [6, 6.07) is 5.57. The number of hydrogen-bond acceptors (Lipinski definition) is 3. The molecule has 0 radical (unpaired) electrons. The average molecular weight is 229 g/mol. The quantitative estimate of drug-likeness (QED) is 0.740. The van der Waals surface area contributed by atoms with Gasteiger partial charge in [0.15, 0.2) is 6.07 Å². The lowest BCUT2D eigenvalue weighted by molar-refractivity contribution is 0.127. The topological polar surface area (TPSA) is 42.4 Å². The lowest BCUT2D eigenvalue weighted by atomic mass is 10.2. The van der Waals surface area contributed by atoms with Crippen molar-refractivity contribution in [1.29, 1.82) is 0 Å². The van der Waals surface area contributed by atoms with Crippen LogP contribution in [0, 0.1) is 0 Å². The van der Waals surface area contributed by atoms with Gasteiger partial charge in [-0.15, -0.1) is 0 Å². The number of amides is 1. The lowest BCUT2D eigenvalue weighted by Crippen LogP contribution is -2.29. The largest absolute Gasteiger partial charge is 0.433 e. The fourth-order valence-electron chi connectivity index (χ4n) is 1.08. The maximum atomic E-state index is 11.2. The molecule has 1 heterocycles. The van der Waals surface area contributed by atoms with E-state index in [1.807, 2.05) is 18.2 Å². The van der Waals surface area contributed by atoms with Gasteiger partial charge in [0.2, 0.25) is 0 Å². The monoisotopic (exact) mass is 228 g/mol. The molecule has 82 valence electrons. The fraction of sp³-hybridized carbons (Fsp3) is 0.400. The first-order valence-electron chi connectivity index (χ1n) is 4.58. The van der Waals surface area contributed by atoms with E-state index in [2.05, 4.69) is 9.72 Å². The second-order valence-electron chi connectivity index (χ2n) is 3.01. The zero-order valence-electron chi connectivity index (χ0n) is 8.52. The van der Waals surface area contributed by atoms with Crippen LogP contribution in [0.15, 0.2) is 24.4 Å². The molecule has 0 saturated heterocycles. The van der Waals surface area contributed by atoms with Crippen molar-refractivity contribution >= 4 is 17.7 Å². The second-order valence-corrected chi connectivity index (χ2v) is 3.23. The molecule has 0 fully saturated rings. The molecule has 0 bridgehead atoms. The molecule has 5 heteroatoms. The van der Waals surface area contributed by atoms with Gasteiger partial charge in [0.25, 0.3) is 0 Å². The standard InChI is InChI=1S/C10H13ClN2O2/c1-13(10(14)15-8-11)7-5-9-4-2-3-6-12-9/h2-4,6H,5,7-8H2,1H3. The van der Waals surface area contributed by atoms with E-state index in [1.165, 1.54) is 4.90 Å². The summed E-state index contributed by atoms with van der Waals surface area (Å²) in [6.45, 7) is 0.562. The molecule has 1 amide bonds. The maximum Gasteiger partial charge on any atom is 0.410 e. The highest BCUT2D eigenvalue weighted by atomic mass is 35.5. The number of carbonyl (C=O) groups is 1. The summed E-state index contributed by atoms with van der Waals surface area (Å²) in [5.74, 6) is 0. The minimum Gasteiger partial charge on any atom is -0.433 e. The number of carbonyl (C=O) groups excluding carboxylic acids is 1. The number of aromatic nitrogens is 1. The Balaban J connectivity index is 2.34. The Morgan fingerprint density at radius 3 is 3.00 bits per heavy atom. The number of halogens is 1. The van der Waals surface area contributed by atoms with Crippen LogP contribution in [0.1, 0.15) is 5.69 Å². The summed E-state index contributed by atoms with van der Waals surface area (Å²) in [4.78, 5) is 16.8. The predicted molar refractivity (Wildman–Crippen MR) is 57.8 cm³/mol. The molecular weight excluding hydrogens is 216 g/mol. The summed E-state index contributed by atoms with van der Waals surface area (Å²) >= 11 is 5.28. The van der Waals surface area contributed by atoms with E-state index in [1.54, 1.807) is 13.2 Å². The van der Waals surface area contributed by atoms with Gasteiger partial charge < -0.3 is 9.64 Å². The number of hydrogen-bond donors (Lipinski definition) is 0. The number of alkyl halides is 1. The fourth-order valence-corrected chi connectivity index (χ4v) is 1.17. The SMILES string of the molecule is CN(CCc1ccccn1)C(=O)OCCl. The third kappa shape index (κ3) is 4.16. The molecule has 0 aromatic carbocycles. The Morgan fingerprint density at radius 1 is 1.60 bits per heavy atom. The number of likely N-dealkylation sites (N-methyl/N-ethyl adjacent to an activating group) is 1. The molecule has 1 rings (SSSR count). The molecule has 0 aliphatic rings. The van der Waals surface area contributed by atoms with Crippen LogP contribution in [0.3, 0.4) is 0 Å². The zero-order chi connectivity index (χ0) is 11.1. The molecule has 0 unspecified atom stereocenters. The summed E-state index contributed by atoms with van der Waals surface area (Å²) in [5, 5.41) is 0. The summed E-state index contributed by atoms with van der Waals surface area (Å²) in [7, 11) is 1.66. The maximum absolute atomic E-state index is 11.2. The van der Waals surface area contributed by atoms with Crippen molar-refractivity contribution in [2.45, 2.75) is 6.42 Å². The van der Waals surface area contributed by atoms with Gasteiger partial charge in [-0.3, -0.25) is 4.98 Å². The van der Waals surface area contributed by atoms with Gasteiger partial charge in [-0.2, -0.15) is 0 Å². The van der Waals surface area contributed by atoms with Gasteiger partial charge >= 0.3 is 6.09 Å². The van der Waals surface area contributed by atoms with Crippen molar-refractivity contribution in [3.8, 4) is 0 Å². The second kappa shape index (κ2) is 6.24. The Hall–Kier alpha value is -1.29. The number of rotatable bonds is 4. The first-order chi connectivity index (χ1) is 7.24. The average Bonchev–Trinajstić information content (AvgIpc) is 2.27. The molecule has 0 spiro atoms. The van der Waals surface area contributed by atoms with Crippen molar-refractivity contribution in [3.05, 3.63) is 30.1 Å². The molecule has 0 atom stereocenters. The van der Waals surface area contributed by atoms with E-state index in [9.17, 15) is 4.79 Å². The van der Waals surface area contributed by atoms with Gasteiger partial charge in [-0.25, -0.2) is 4.79 Å². The molecular formula is C10H13ClN2O2. The van der Waals surface area contributed by atoms with Gasteiger partial charge in [0.05, 0.1) is 0 Å². The minimum atomic E-state index is -0.416. The Kier molecular flexibility index (Phi) is 4.90. The van der Waals surface area contributed by atoms with Crippen molar-refractivity contribution in [2.75, 3.05) is 19.7 Å².